The van der Waals surface area contributed by atoms with Crippen molar-refractivity contribution in [2.75, 3.05) is 26.2 Å². The second kappa shape index (κ2) is 9.31. The lowest BCUT2D eigenvalue weighted by molar-refractivity contribution is -0.139. The minimum atomic E-state index is -0.595. The average Bonchev–Trinajstić information content (AvgIpc) is 2.74. The molecule has 1 aliphatic heterocycles. The molecule has 2 aromatic carbocycles. The molecule has 1 atom stereocenters. The van der Waals surface area contributed by atoms with Crippen LogP contribution < -0.4 is 4.74 Å². The highest BCUT2D eigenvalue weighted by Crippen LogP contribution is 2.19. The van der Waals surface area contributed by atoms with Gasteiger partial charge in [0.15, 0.2) is 6.10 Å². The Labute approximate surface area is 177 Å². The summed E-state index contributed by atoms with van der Waals surface area (Å²) in [5.74, 6) is 0.978. The number of amides is 2. The number of hydrogen-bond acceptors (Lipinski definition) is 3. The molecule has 1 unspecified atom stereocenters. The summed E-state index contributed by atoms with van der Waals surface area (Å²) in [6.07, 6.45) is -0.595. The summed E-state index contributed by atoms with van der Waals surface area (Å²) in [7, 11) is 0. The van der Waals surface area contributed by atoms with Gasteiger partial charge >= 0.3 is 0 Å². The van der Waals surface area contributed by atoms with Crippen LogP contribution in [0.1, 0.15) is 42.6 Å². The minimum absolute atomic E-state index is 0.0119. The number of halogens is 1. The summed E-state index contributed by atoms with van der Waals surface area (Å²) in [5, 5.41) is 0.621. The zero-order chi connectivity index (χ0) is 21.0. The highest BCUT2D eigenvalue weighted by atomic mass is 35.5. The maximum atomic E-state index is 12.7. The number of nitrogens with zero attached hydrogens (tertiary/aromatic N) is 2. The number of carbonyl (C=O) groups is 2. The number of carbonyl (C=O) groups excluding carboxylic acids is 2. The van der Waals surface area contributed by atoms with Crippen LogP contribution in [0.2, 0.25) is 5.02 Å². The second-order valence-electron chi connectivity index (χ2n) is 7.61. The molecule has 0 radical (unpaired) electrons. The molecule has 5 nitrogen and oxygen atoms in total. The number of ether oxygens (including phenoxy) is 1. The molecule has 0 bridgehead atoms. The van der Waals surface area contributed by atoms with Crippen molar-refractivity contribution in [2.24, 2.45) is 0 Å². The number of hydrogen-bond donors (Lipinski definition) is 0. The molecule has 0 aromatic heterocycles. The molecule has 6 heteroatoms. The predicted octanol–water partition coefficient (Wildman–Crippen LogP) is 4.22. The SMILES string of the molecule is CC(Oc1ccc(Cl)cc1)C(=O)N1CCN(C(=O)c2ccc(C(C)C)cc2)CC1. The molecule has 0 N–H and O–H groups in total. The summed E-state index contributed by atoms with van der Waals surface area (Å²) in [6, 6.07) is 14.7. The molecule has 29 heavy (non-hydrogen) atoms. The van der Waals surface area contributed by atoms with E-state index in [2.05, 4.69) is 13.8 Å². The summed E-state index contributed by atoms with van der Waals surface area (Å²) < 4.78 is 5.73. The van der Waals surface area contributed by atoms with Crippen LogP contribution in [0, 0.1) is 0 Å². The van der Waals surface area contributed by atoms with E-state index in [0.717, 1.165) is 0 Å². The average molecular weight is 415 g/mol. The first kappa shape index (κ1) is 21.2. The largest absolute Gasteiger partial charge is 0.481 e. The van der Waals surface area contributed by atoms with Crippen molar-refractivity contribution in [1.29, 1.82) is 0 Å². The van der Waals surface area contributed by atoms with Crippen LogP contribution in [0.25, 0.3) is 0 Å². The molecule has 1 saturated heterocycles. The van der Waals surface area contributed by atoms with E-state index in [0.29, 0.717) is 48.4 Å². The number of benzene rings is 2. The second-order valence-corrected chi connectivity index (χ2v) is 8.04. The Morgan fingerprint density at radius 2 is 1.41 bits per heavy atom. The lowest BCUT2D eigenvalue weighted by Crippen LogP contribution is -2.53. The van der Waals surface area contributed by atoms with Crippen molar-refractivity contribution in [2.45, 2.75) is 32.8 Å². The van der Waals surface area contributed by atoms with E-state index >= 15 is 0 Å². The zero-order valence-corrected chi connectivity index (χ0v) is 17.9. The van der Waals surface area contributed by atoms with Gasteiger partial charge in [0.05, 0.1) is 0 Å². The molecule has 3 rings (SSSR count). The van der Waals surface area contributed by atoms with Crippen molar-refractivity contribution >= 4 is 23.4 Å². The van der Waals surface area contributed by atoms with Gasteiger partial charge in [-0.1, -0.05) is 37.6 Å². The first-order chi connectivity index (χ1) is 13.8. The van der Waals surface area contributed by atoms with Crippen molar-refractivity contribution in [3.05, 3.63) is 64.7 Å². The van der Waals surface area contributed by atoms with Crippen molar-refractivity contribution < 1.29 is 14.3 Å². The first-order valence-electron chi connectivity index (χ1n) is 9.95. The van der Waals surface area contributed by atoms with Crippen molar-refractivity contribution in [1.82, 2.24) is 9.80 Å². The Morgan fingerprint density at radius 1 is 0.862 bits per heavy atom. The maximum absolute atomic E-state index is 12.7. The van der Waals surface area contributed by atoms with Crippen molar-refractivity contribution in [3.8, 4) is 5.75 Å². The molecular formula is C23H27ClN2O3. The van der Waals surface area contributed by atoms with Gasteiger partial charge in [-0.25, -0.2) is 0 Å². The molecule has 0 saturated carbocycles. The van der Waals surface area contributed by atoms with Gasteiger partial charge in [0.1, 0.15) is 5.75 Å². The van der Waals surface area contributed by atoms with Crippen LogP contribution in [-0.2, 0) is 4.79 Å². The van der Waals surface area contributed by atoms with Crippen LogP contribution in [0.5, 0.6) is 5.75 Å². The fourth-order valence-electron chi connectivity index (χ4n) is 3.35. The van der Waals surface area contributed by atoms with Crippen LogP contribution >= 0.6 is 11.6 Å². The van der Waals surface area contributed by atoms with Gasteiger partial charge in [0, 0.05) is 36.8 Å². The highest BCUT2D eigenvalue weighted by molar-refractivity contribution is 6.30. The van der Waals surface area contributed by atoms with E-state index in [1.54, 1.807) is 41.0 Å². The predicted molar refractivity (Wildman–Crippen MR) is 115 cm³/mol. The lowest BCUT2D eigenvalue weighted by Gasteiger charge is -2.36. The molecule has 2 amide bonds. The summed E-state index contributed by atoms with van der Waals surface area (Å²) >= 11 is 5.87. The fourth-order valence-corrected chi connectivity index (χ4v) is 3.47. The van der Waals surface area contributed by atoms with E-state index < -0.39 is 6.10 Å². The minimum Gasteiger partial charge on any atom is -0.481 e. The standard InChI is InChI=1S/C23H27ClN2O3/c1-16(2)18-4-6-19(7-5-18)23(28)26-14-12-25(13-15-26)22(27)17(3)29-21-10-8-20(24)9-11-21/h4-11,16-17H,12-15H2,1-3H3. The number of piperazine rings is 1. The normalized spacial score (nSPS) is 15.3. The van der Waals surface area contributed by atoms with E-state index in [1.165, 1.54) is 5.56 Å². The van der Waals surface area contributed by atoms with Gasteiger partial charge in [-0.2, -0.15) is 0 Å². The maximum Gasteiger partial charge on any atom is 0.263 e. The third kappa shape index (κ3) is 5.30. The van der Waals surface area contributed by atoms with Gasteiger partial charge in [0.2, 0.25) is 0 Å². The van der Waals surface area contributed by atoms with Gasteiger partial charge in [-0.15, -0.1) is 0 Å². The van der Waals surface area contributed by atoms with Crippen LogP contribution in [0.3, 0.4) is 0 Å². The summed E-state index contributed by atoms with van der Waals surface area (Å²) in [5.41, 5.74) is 1.90. The van der Waals surface area contributed by atoms with Gasteiger partial charge in [-0.05, 0) is 54.8 Å². The third-order valence-electron chi connectivity index (χ3n) is 5.18. The Bertz CT molecular complexity index is 841. The van der Waals surface area contributed by atoms with Crippen LogP contribution in [0.15, 0.2) is 48.5 Å². The molecular weight excluding hydrogens is 388 g/mol. The van der Waals surface area contributed by atoms with E-state index in [4.69, 9.17) is 16.3 Å². The smallest absolute Gasteiger partial charge is 0.263 e. The lowest BCUT2D eigenvalue weighted by atomic mass is 10.0. The monoisotopic (exact) mass is 414 g/mol. The quantitative estimate of drug-likeness (QED) is 0.736. The Morgan fingerprint density at radius 3 is 1.97 bits per heavy atom. The molecule has 0 aliphatic carbocycles. The molecule has 1 fully saturated rings. The molecule has 2 aromatic rings. The molecule has 154 valence electrons. The molecule has 0 spiro atoms. The Balaban J connectivity index is 1.53. The summed E-state index contributed by atoms with van der Waals surface area (Å²) in [6.45, 7) is 8.04. The zero-order valence-electron chi connectivity index (χ0n) is 17.1. The van der Waals surface area contributed by atoms with Gasteiger partial charge in [-0.3, -0.25) is 9.59 Å². The van der Waals surface area contributed by atoms with E-state index in [9.17, 15) is 9.59 Å². The van der Waals surface area contributed by atoms with E-state index in [1.807, 2.05) is 24.3 Å². The molecule has 1 heterocycles. The Kier molecular flexibility index (Phi) is 6.80. The summed E-state index contributed by atoms with van der Waals surface area (Å²) in [4.78, 5) is 29.0. The Hall–Kier alpha value is -2.53. The third-order valence-corrected chi connectivity index (χ3v) is 5.43. The van der Waals surface area contributed by atoms with Gasteiger partial charge in [0.25, 0.3) is 11.8 Å². The van der Waals surface area contributed by atoms with Crippen LogP contribution in [-0.4, -0.2) is 53.9 Å². The highest BCUT2D eigenvalue weighted by Gasteiger charge is 2.28. The number of rotatable bonds is 5. The van der Waals surface area contributed by atoms with E-state index in [-0.39, 0.29) is 11.8 Å². The molecule has 1 aliphatic rings. The topological polar surface area (TPSA) is 49.9 Å². The van der Waals surface area contributed by atoms with Crippen LogP contribution in [0.4, 0.5) is 0 Å². The van der Waals surface area contributed by atoms with Gasteiger partial charge < -0.3 is 14.5 Å². The fraction of sp³-hybridized carbons (Fsp3) is 0.391. The first-order valence-corrected chi connectivity index (χ1v) is 10.3. The van der Waals surface area contributed by atoms with Crippen molar-refractivity contribution in [3.63, 3.8) is 0 Å².